The third-order valence-electron chi connectivity index (χ3n) is 4.59. The number of hydrogen-bond donors (Lipinski definition) is 2. The molecule has 0 radical (unpaired) electrons. The number of piperidine rings is 1. The lowest BCUT2D eigenvalue weighted by atomic mass is 9.95. The number of rotatable bonds is 5. The number of carbonyl (C=O) groups excluding carboxylic acids is 1. The van der Waals surface area contributed by atoms with Crippen molar-refractivity contribution in [2.75, 3.05) is 13.1 Å². The van der Waals surface area contributed by atoms with E-state index < -0.39 is 0 Å². The van der Waals surface area contributed by atoms with Gasteiger partial charge in [0.2, 0.25) is 5.91 Å². The average Bonchev–Trinajstić information content (AvgIpc) is 3.05. The van der Waals surface area contributed by atoms with E-state index in [4.69, 9.17) is 4.42 Å². The molecule has 2 N–H and O–H groups in total. The van der Waals surface area contributed by atoms with Crippen molar-refractivity contribution in [3.8, 4) is 11.3 Å². The van der Waals surface area contributed by atoms with E-state index in [0.29, 0.717) is 24.7 Å². The fourth-order valence-corrected chi connectivity index (χ4v) is 3.01. The number of aromatic nitrogens is 1. The number of amides is 1. The van der Waals surface area contributed by atoms with Gasteiger partial charge in [0.05, 0.1) is 6.20 Å². The van der Waals surface area contributed by atoms with Crippen LogP contribution >= 0.6 is 24.8 Å². The van der Waals surface area contributed by atoms with Gasteiger partial charge in [-0.05, 0) is 32.4 Å². The number of aryl methyl sites for hydroxylation is 2. The second-order valence-corrected chi connectivity index (χ2v) is 6.63. The molecule has 0 spiro atoms. The Morgan fingerprint density at radius 1 is 1.31 bits per heavy atom. The fraction of sp³-hybridized carbons (Fsp3) is 0.474. The number of nitrogens with zero attached hydrogens (tertiary/aromatic N) is 1. The van der Waals surface area contributed by atoms with Gasteiger partial charge >= 0.3 is 0 Å². The summed E-state index contributed by atoms with van der Waals surface area (Å²) in [7, 11) is 0. The molecule has 144 valence electrons. The molecule has 0 bridgehead atoms. The Morgan fingerprint density at radius 3 is 2.73 bits per heavy atom. The minimum absolute atomic E-state index is 0. The van der Waals surface area contributed by atoms with Crippen molar-refractivity contribution in [3.63, 3.8) is 0 Å². The van der Waals surface area contributed by atoms with Gasteiger partial charge in [0.25, 0.3) is 0 Å². The Bertz CT molecular complexity index is 688. The predicted octanol–water partition coefficient (Wildman–Crippen LogP) is 3.54. The quantitative estimate of drug-likeness (QED) is 0.806. The van der Waals surface area contributed by atoms with Gasteiger partial charge in [-0.15, -0.1) is 24.8 Å². The minimum Gasteiger partial charge on any atom is -0.441 e. The summed E-state index contributed by atoms with van der Waals surface area (Å²) in [6.07, 6.45) is 3.65. The van der Waals surface area contributed by atoms with E-state index >= 15 is 0 Å². The Hall–Kier alpha value is -1.56. The first kappa shape index (κ1) is 22.5. The van der Waals surface area contributed by atoms with Crippen LogP contribution in [0.2, 0.25) is 0 Å². The molecule has 5 nitrogen and oxygen atoms in total. The topological polar surface area (TPSA) is 67.2 Å². The summed E-state index contributed by atoms with van der Waals surface area (Å²) in [5.74, 6) is 1.90. The molecule has 0 saturated carbocycles. The summed E-state index contributed by atoms with van der Waals surface area (Å²) >= 11 is 0. The number of hydrogen-bond acceptors (Lipinski definition) is 4. The highest BCUT2D eigenvalue weighted by Crippen LogP contribution is 2.21. The zero-order valence-electron chi connectivity index (χ0n) is 15.2. The van der Waals surface area contributed by atoms with E-state index in [1.807, 2.05) is 24.3 Å². The first-order valence-electron chi connectivity index (χ1n) is 8.63. The molecule has 2 atom stereocenters. The number of nitrogens with one attached hydrogen (secondary N) is 2. The van der Waals surface area contributed by atoms with Crippen LogP contribution in [0.15, 0.2) is 34.9 Å². The number of benzene rings is 1. The summed E-state index contributed by atoms with van der Waals surface area (Å²) < 4.78 is 5.77. The van der Waals surface area contributed by atoms with Crippen LogP contribution in [0.3, 0.4) is 0 Å². The molecule has 1 saturated heterocycles. The van der Waals surface area contributed by atoms with E-state index in [-0.39, 0.29) is 36.8 Å². The molecule has 2 unspecified atom stereocenters. The zero-order chi connectivity index (χ0) is 16.9. The lowest BCUT2D eigenvalue weighted by Crippen LogP contribution is -2.48. The summed E-state index contributed by atoms with van der Waals surface area (Å²) in [6, 6.07) is 8.40. The first-order chi connectivity index (χ1) is 11.6. The van der Waals surface area contributed by atoms with Gasteiger partial charge in [0.1, 0.15) is 0 Å². The number of oxazole rings is 1. The van der Waals surface area contributed by atoms with Gasteiger partial charge in [-0.1, -0.05) is 36.8 Å². The van der Waals surface area contributed by atoms with Crippen LogP contribution in [-0.4, -0.2) is 30.0 Å². The van der Waals surface area contributed by atoms with Crippen LogP contribution < -0.4 is 10.6 Å². The third kappa shape index (κ3) is 6.01. The van der Waals surface area contributed by atoms with Gasteiger partial charge in [-0.3, -0.25) is 4.79 Å². The van der Waals surface area contributed by atoms with Gasteiger partial charge in [0, 0.05) is 24.4 Å². The summed E-state index contributed by atoms with van der Waals surface area (Å²) in [5, 5.41) is 6.48. The molecule has 0 aliphatic carbocycles. The Kier molecular flexibility index (Phi) is 9.13. The summed E-state index contributed by atoms with van der Waals surface area (Å²) in [4.78, 5) is 16.4. The highest BCUT2D eigenvalue weighted by atomic mass is 35.5. The second-order valence-electron chi connectivity index (χ2n) is 6.63. The molecule has 1 aliphatic heterocycles. The Morgan fingerprint density at radius 2 is 2.04 bits per heavy atom. The van der Waals surface area contributed by atoms with Crippen LogP contribution in [0.4, 0.5) is 0 Å². The van der Waals surface area contributed by atoms with Crippen LogP contribution in [0.5, 0.6) is 0 Å². The minimum atomic E-state index is 0. The molecule has 1 aromatic carbocycles. The average molecular weight is 400 g/mol. The van der Waals surface area contributed by atoms with Gasteiger partial charge in [-0.2, -0.15) is 0 Å². The highest BCUT2D eigenvalue weighted by Gasteiger charge is 2.22. The largest absolute Gasteiger partial charge is 0.441 e. The molecule has 1 fully saturated rings. The highest BCUT2D eigenvalue weighted by molar-refractivity contribution is 5.85. The molecule has 26 heavy (non-hydrogen) atoms. The predicted molar refractivity (Wildman–Crippen MR) is 108 cm³/mol. The van der Waals surface area contributed by atoms with Gasteiger partial charge in [-0.25, -0.2) is 4.98 Å². The van der Waals surface area contributed by atoms with Crippen molar-refractivity contribution in [2.24, 2.45) is 5.92 Å². The van der Waals surface area contributed by atoms with Crippen LogP contribution in [0.1, 0.15) is 31.2 Å². The SMILES string of the molecule is Cc1ccc(-c2cnc(CCC(=O)NC3CCNCC3C)o2)cc1.Cl.Cl. The molecular formula is C19H27Cl2N3O2. The maximum Gasteiger partial charge on any atom is 0.220 e. The van der Waals surface area contributed by atoms with E-state index in [2.05, 4.69) is 29.5 Å². The van der Waals surface area contributed by atoms with E-state index in [9.17, 15) is 4.79 Å². The smallest absolute Gasteiger partial charge is 0.220 e. The van der Waals surface area contributed by atoms with Crippen LogP contribution in [0.25, 0.3) is 11.3 Å². The second kappa shape index (κ2) is 10.6. The van der Waals surface area contributed by atoms with Crippen molar-refractivity contribution in [1.82, 2.24) is 15.6 Å². The van der Waals surface area contributed by atoms with Gasteiger partial charge < -0.3 is 15.1 Å². The maximum absolute atomic E-state index is 12.1. The van der Waals surface area contributed by atoms with Crippen molar-refractivity contribution in [3.05, 3.63) is 41.9 Å². The van der Waals surface area contributed by atoms with Crippen molar-refractivity contribution >= 4 is 30.7 Å². The zero-order valence-corrected chi connectivity index (χ0v) is 16.8. The summed E-state index contributed by atoms with van der Waals surface area (Å²) in [6.45, 7) is 6.15. The van der Waals surface area contributed by atoms with Crippen LogP contribution in [-0.2, 0) is 11.2 Å². The maximum atomic E-state index is 12.1. The molecule has 2 heterocycles. The van der Waals surface area contributed by atoms with Gasteiger partial charge in [0.15, 0.2) is 11.7 Å². The molecule has 1 aliphatic rings. The van der Waals surface area contributed by atoms with Crippen molar-refractivity contribution in [2.45, 2.75) is 39.2 Å². The van der Waals surface area contributed by atoms with Crippen LogP contribution in [0, 0.1) is 12.8 Å². The Balaban J connectivity index is 0.00000169. The molecule has 1 aromatic heterocycles. The van der Waals surface area contributed by atoms with E-state index in [1.54, 1.807) is 6.20 Å². The summed E-state index contributed by atoms with van der Waals surface area (Å²) in [5.41, 5.74) is 2.22. The normalized spacial score (nSPS) is 19.2. The van der Waals surface area contributed by atoms with E-state index in [1.165, 1.54) is 5.56 Å². The molecule has 3 rings (SSSR count). The van der Waals surface area contributed by atoms with Crippen molar-refractivity contribution in [1.29, 1.82) is 0 Å². The Labute approximate surface area is 167 Å². The number of carbonyl (C=O) groups is 1. The number of halogens is 2. The van der Waals surface area contributed by atoms with Crippen molar-refractivity contribution < 1.29 is 9.21 Å². The lowest BCUT2D eigenvalue weighted by molar-refractivity contribution is -0.122. The molecule has 2 aromatic rings. The fourth-order valence-electron chi connectivity index (χ4n) is 3.01. The monoisotopic (exact) mass is 399 g/mol. The lowest BCUT2D eigenvalue weighted by Gasteiger charge is -2.30. The molecule has 1 amide bonds. The molecular weight excluding hydrogens is 373 g/mol. The first-order valence-corrected chi connectivity index (χ1v) is 8.63. The standard InChI is InChI=1S/C19H25N3O2.2ClH/c1-13-3-5-15(6-4-13)17-12-21-19(24-17)8-7-18(23)22-16-9-10-20-11-14(16)2;;/h3-6,12,14,16,20H,7-11H2,1-2H3,(H,22,23);2*1H. The molecule has 7 heteroatoms. The third-order valence-corrected chi connectivity index (χ3v) is 4.59. The van der Waals surface area contributed by atoms with E-state index in [0.717, 1.165) is 30.8 Å².